The molecule has 158 valence electrons. The van der Waals surface area contributed by atoms with Gasteiger partial charge in [0.2, 0.25) is 0 Å². The predicted octanol–water partition coefficient (Wildman–Crippen LogP) is 4.66. The Morgan fingerprint density at radius 3 is 2.77 bits per heavy atom. The molecule has 1 aromatic heterocycles. The number of anilines is 1. The number of allylic oxidation sites excluding steroid dienone is 1. The molecule has 0 radical (unpaired) electrons. The molecule has 4 nitrogen and oxygen atoms in total. The summed E-state index contributed by atoms with van der Waals surface area (Å²) >= 11 is 1.47. The van der Waals surface area contributed by atoms with Gasteiger partial charge in [-0.05, 0) is 50.3 Å². The Hall–Kier alpha value is -2.41. The Bertz CT molecular complexity index is 988. The van der Waals surface area contributed by atoms with Crippen LogP contribution < -0.4 is 4.90 Å². The van der Waals surface area contributed by atoms with Crippen LogP contribution in [0.4, 0.5) is 14.5 Å². The van der Waals surface area contributed by atoms with Crippen LogP contribution in [-0.4, -0.2) is 48.1 Å². The third-order valence-corrected chi connectivity index (χ3v) is 6.75. The zero-order valence-electron chi connectivity index (χ0n) is 17.2. The van der Waals surface area contributed by atoms with E-state index in [1.807, 2.05) is 25.4 Å². The quantitative estimate of drug-likeness (QED) is 0.511. The van der Waals surface area contributed by atoms with E-state index >= 15 is 0 Å². The van der Waals surface area contributed by atoms with E-state index in [-0.39, 0.29) is 11.0 Å². The lowest BCUT2D eigenvalue weighted by Crippen LogP contribution is -2.62. The number of aromatic nitrogens is 1. The summed E-state index contributed by atoms with van der Waals surface area (Å²) in [5.74, 6) is -2.59. The van der Waals surface area contributed by atoms with Crippen LogP contribution in [0.5, 0.6) is 0 Å². The number of likely N-dealkylation sites (tertiary alicyclic amines) is 1. The lowest BCUT2D eigenvalue weighted by Gasteiger charge is -2.56. The maximum absolute atomic E-state index is 14.0. The Morgan fingerprint density at radius 1 is 1.23 bits per heavy atom. The third kappa shape index (κ3) is 4.08. The average molecular weight is 430 g/mol. The molecule has 0 bridgehead atoms. The summed E-state index contributed by atoms with van der Waals surface area (Å²) in [5.41, 5.74) is 2.17. The van der Waals surface area contributed by atoms with Gasteiger partial charge in [-0.3, -0.25) is 9.78 Å². The molecule has 2 fully saturated rings. The molecular formula is C23H25F2N3OS. The van der Waals surface area contributed by atoms with E-state index < -0.39 is 17.4 Å². The first-order chi connectivity index (χ1) is 14.4. The Labute approximate surface area is 180 Å². The van der Waals surface area contributed by atoms with Crippen molar-refractivity contribution in [3.05, 3.63) is 70.5 Å². The van der Waals surface area contributed by atoms with Crippen LogP contribution in [0.15, 0.2) is 47.6 Å². The lowest BCUT2D eigenvalue weighted by atomic mass is 9.73. The summed E-state index contributed by atoms with van der Waals surface area (Å²) < 4.78 is 27.5. The van der Waals surface area contributed by atoms with Gasteiger partial charge in [0.05, 0.1) is 10.6 Å². The number of piperidine rings is 1. The molecule has 7 heteroatoms. The van der Waals surface area contributed by atoms with Gasteiger partial charge in [0.25, 0.3) is 0 Å². The maximum Gasteiger partial charge on any atom is 0.191 e. The number of ketones is 1. The first-order valence-corrected chi connectivity index (χ1v) is 11.3. The summed E-state index contributed by atoms with van der Waals surface area (Å²) in [5, 5.41) is 0.806. The van der Waals surface area contributed by atoms with Crippen LogP contribution >= 0.6 is 11.8 Å². The van der Waals surface area contributed by atoms with Gasteiger partial charge >= 0.3 is 0 Å². The van der Waals surface area contributed by atoms with Crippen LogP contribution in [0.25, 0.3) is 0 Å². The molecule has 2 saturated heterocycles. The number of hydrogen-bond donors (Lipinski definition) is 0. The zero-order chi connectivity index (χ0) is 21.3. The number of pyridine rings is 1. The molecule has 4 rings (SSSR count). The number of rotatable bonds is 5. The number of nitrogens with zero attached hydrogens (tertiary/aromatic N) is 3. The molecule has 0 aliphatic carbocycles. The lowest BCUT2D eigenvalue weighted by molar-refractivity contribution is 0.0869. The Balaban J connectivity index is 1.47. The molecule has 2 aliphatic rings. The number of halogens is 2. The SMILES string of the molecule is CSC(=CC(=O)c1cccc(F)c1F)N1CCCC2(C1)CN(c1ccnc(C)c1)C2. The maximum atomic E-state index is 14.0. The predicted molar refractivity (Wildman–Crippen MR) is 117 cm³/mol. The summed E-state index contributed by atoms with van der Waals surface area (Å²) in [6, 6.07) is 7.85. The van der Waals surface area contributed by atoms with Crippen molar-refractivity contribution in [3.8, 4) is 0 Å². The number of hydrogen-bond acceptors (Lipinski definition) is 5. The third-order valence-electron chi connectivity index (χ3n) is 5.95. The van der Waals surface area contributed by atoms with Crippen molar-refractivity contribution >= 4 is 23.2 Å². The first-order valence-electron chi connectivity index (χ1n) is 10.1. The van der Waals surface area contributed by atoms with Crippen LogP contribution in [0.2, 0.25) is 0 Å². The van der Waals surface area contributed by atoms with Crippen molar-refractivity contribution in [2.45, 2.75) is 19.8 Å². The summed E-state index contributed by atoms with van der Waals surface area (Å²) in [4.78, 5) is 21.5. The molecule has 1 aromatic carbocycles. The van der Waals surface area contributed by atoms with E-state index in [2.05, 4.69) is 20.9 Å². The number of aryl methyl sites for hydroxylation is 1. The zero-order valence-corrected chi connectivity index (χ0v) is 18.0. The largest absolute Gasteiger partial charge is 0.370 e. The van der Waals surface area contributed by atoms with Crippen LogP contribution in [0, 0.1) is 24.0 Å². The van der Waals surface area contributed by atoms with Crippen LogP contribution in [-0.2, 0) is 0 Å². The smallest absolute Gasteiger partial charge is 0.191 e. The van der Waals surface area contributed by atoms with E-state index in [0.717, 1.165) is 55.8 Å². The molecule has 2 aromatic rings. The standard InChI is InChI=1S/C23H25F2N3OS/c1-16-11-17(7-9-26-16)28-14-23(15-28)8-4-10-27(13-23)21(30-2)12-20(29)18-5-3-6-19(24)22(18)25/h3,5-7,9,11-12H,4,8,10,13-15H2,1-2H3. The number of carbonyl (C=O) groups is 1. The van der Waals surface area contributed by atoms with Gasteiger partial charge in [0, 0.05) is 55.2 Å². The minimum Gasteiger partial charge on any atom is -0.370 e. The van der Waals surface area contributed by atoms with Crippen LogP contribution in [0.1, 0.15) is 28.9 Å². The molecule has 30 heavy (non-hydrogen) atoms. The Morgan fingerprint density at radius 2 is 2.03 bits per heavy atom. The summed E-state index contributed by atoms with van der Waals surface area (Å²) in [6.07, 6.45) is 7.40. The molecule has 0 atom stereocenters. The van der Waals surface area contributed by atoms with E-state index in [4.69, 9.17) is 0 Å². The van der Waals surface area contributed by atoms with Crippen LogP contribution in [0.3, 0.4) is 0 Å². The molecular weight excluding hydrogens is 404 g/mol. The van der Waals surface area contributed by atoms with Crippen molar-refractivity contribution in [3.63, 3.8) is 0 Å². The number of benzene rings is 1. The average Bonchev–Trinajstić information content (AvgIpc) is 2.72. The normalized spacial score (nSPS) is 18.5. The van der Waals surface area contributed by atoms with E-state index in [0.29, 0.717) is 0 Å². The number of thioether (sulfide) groups is 1. The highest BCUT2D eigenvalue weighted by molar-refractivity contribution is 8.02. The fourth-order valence-corrected chi connectivity index (χ4v) is 5.13. The van der Waals surface area contributed by atoms with Gasteiger partial charge in [-0.2, -0.15) is 0 Å². The van der Waals surface area contributed by atoms with Crippen molar-refractivity contribution in [2.75, 3.05) is 37.3 Å². The van der Waals surface area contributed by atoms with Crippen molar-refractivity contribution in [1.82, 2.24) is 9.88 Å². The summed E-state index contributed by atoms with van der Waals surface area (Å²) in [7, 11) is 0. The topological polar surface area (TPSA) is 36.4 Å². The molecule has 0 amide bonds. The second-order valence-corrected chi connectivity index (χ2v) is 9.02. The highest BCUT2D eigenvalue weighted by atomic mass is 32.2. The van der Waals surface area contributed by atoms with E-state index in [1.54, 1.807) is 0 Å². The van der Waals surface area contributed by atoms with Crippen molar-refractivity contribution in [2.24, 2.45) is 5.41 Å². The summed E-state index contributed by atoms with van der Waals surface area (Å²) in [6.45, 7) is 5.67. The minimum absolute atomic E-state index is 0.192. The first kappa shape index (κ1) is 20.8. The molecule has 0 unspecified atom stereocenters. The van der Waals surface area contributed by atoms with Gasteiger partial charge in [0.1, 0.15) is 0 Å². The monoisotopic (exact) mass is 429 g/mol. The van der Waals surface area contributed by atoms with E-state index in [9.17, 15) is 13.6 Å². The van der Waals surface area contributed by atoms with Gasteiger partial charge in [-0.25, -0.2) is 8.78 Å². The van der Waals surface area contributed by atoms with Gasteiger partial charge in [0.15, 0.2) is 17.4 Å². The molecule has 2 aliphatic heterocycles. The fourth-order valence-electron chi connectivity index (χ4n) is 4.49. The Kier molecular flexibility index (Phi) is 5.82. The number of carbonyl (C=O) groups excluding carboxylic acids is 1. The fraction of sp³-hybridized carbons (Fsp3) is 0.391. The van der Waals surface area contributed by atoms with Gasteiger partial charge in [-0.15, -0.1) is 11.8 Å². The molecule has 1 spiro atoms. The van der Waals surface area contributed by atoms with Gasteiger partial charge in [-0.1, -0.05) is 6.07 Å². The second kappa shape index (κ2) is 8.38. The highest BCUT2D eigenvalue weighted by Crippen LogP contribution is 2.43. The minimum atomic E-state index is -1.09. The highest BCUT2D eigenvalue weighted by Gasteiger charge is 2.46. The molecule has 0 N–H and O–H groups in total. The molecule has 0 saturated carbocycles. The van der Waals surface area contributed by atoms with E-state index in [1.165, 1.54) is 35.7 Å². The second-order valence-electron chi connectivity index (χ2n) is 8.19. The van der Waals surface area contributed by atoms with Crippen molar-refractivity contribution in [1.29, 1.82) is 0 Å². The van der Waals surface area contributed by atoms with Gasteiger partial charge < -0.3 is 9.80 Å². The molecule has 3 heterocycles. The van der Waals surface area contributed by atoms with Crippen molar-refractivity contribution < 1.29 is 13.6 Å².